The zero-order valence-corrected chi connectivity index (χ0v) is 16.0. The smallest absolute Gasteiger partial charge is 0.171 e. The van der Waals surface area contributed by atoms with E-state index in [0.717, 1.165) is 16.8 Å². The van der Waals surface area contributed by atoms with Gasteiger partial charge in [0.15, 0.2) is 5.11 Å². The highest BCUT2D eigenvalue weighted by molar-refractivity contribution is 9.10. The summed E-state index contributed by atoms with van der Waals surface area (Å²) >= 11 is 8.85. The van der Waals surface area contributed by atoms with E-state index in [0.29, 0.717) is 5.11 Å². The van der Waals surface area contributed by atoms with Crippen molar-refractivity contribution in [2.45, 2.75) is 37.5 Å². The molecule has 0 radical (unpaired) electrons. The molecule has 24 heavy (non-hydrogen) atoms. The Morgan fingerprint density at radius 1 is 1.08 bits per heavy atom. The Bertz CT molecular complexity index is 667. The fraction of sp³-hybridized carbons (Fsp3) is 0.368. The van der Waals surface area contributed by atoms with E-state index < -0.39 is 0 Å². The van der Waals surface area contributed by atoms with E-state index in [2.05, 4.69) is 61.9 Å². The maximum atomic E-state index is 5.46. The topological polar surface area (TPSA) is 37.0 Å². The molecule has 0 bridgehead atoms. The van der Waals surface area contributed by atoms with E-state index in [-0.39, 0.29) is 5.41 Å². The lowest BCUT2D eigenvalue weighted by molar-refractivity contribution is 0.292. The number of aromatic nitrogens is 1. The molecule has 1 fully saturated rings. The lowest BCUT2D eigenvalue weighted by atomic mass is 9.69. The second-order valence-electron chi connectivity index (χ2n) is 6.38. The lowest BCUT2D eigenvalue weighted by Crippen LogP contribution is -2.43. The van der Waals surface area contributed by atoms with Gasteiger partial charge < -0.3 is 10.6 Å². The van der Waals surface area contributed by atoms with E-state index >= 15 is 0 Å². The number of pyridine rings is 1. The van der Waals surface area contributed by atoms with Crippen molar-refractivity contribution >= 4 is 39.1 Å². The Kier molecular flexibility index (Phi) is 5.85. The largest absolute Gasteiger partial charge is 0.362 e. The summed E-state index contributed by atoms with van der Waals surface area (Å²) in [6, 6.07) is 14.7. The van der Waals surface area contributed by atoms with Crippen LogP contribution in [0.4, 0.5) is 5.82 Å². The van der Waals surface area contributed by atoms with Crippen molar-refractivity contribution < 1.29 is 0 Å². The molecular formula is C19H22BrN3S. The minimum Gasteiger partial charge on any atom is -0.362 e. The van der Waals surface area contributed by atoms with Crippen LogP contribution in [0.5, 0.6) is 0 Å². The Morgan fingerprint density at radius 2 is 1.83 bits per heavy atom. The molecule has 0 saturated heterocycles. The molecular weight excluding hydrogens is 382 g/mol. The average Bonchev–Trinajstić information content (AvgIpc) is 2.63. The Labute approximate surface area is 157 Å². The van der Waals surface area contributed by atoms with Crippen molar-refractivity contribution in [2.75, 3.05) is 11.9 Å². The molecule has 0 unspecified atom stereocenters. The molecule has 0 amide bonds. The van der Waals surface area contributed by atoms with Crippen LogP contribution in [0.1, 0.15) is 37.7 Å². The molecule has 0 spiro atoms. The molecule has 3 nitrogen and oxygen atoms in total. The summed E-state index contributed by atoms with van der Waals surface area (Å²) in [6.07, 6.45) is 8.08. The molecule has 0 atom stereocenters. The third-order valence-electron chi connectivity index (χ3n) is 4.75. The highest BCUT2D eigenvalue weighted by Gasteiger charge is 2.33. The summed E-state index contributed by atoms with van der Waals surface area (Å²) in [6.45, 7) is 0.860. The van der Waals surface area contributed by atoms with Crippen LogP contribution < -0.4 is 10.6 Å². The Balaban J connectivity index is 1.65. The summed E-state index contributed by atoms with van der Waals surface area (Å²) in [5, 5.41) is 7.22. The summed E-state index contributed by atoms with van der Waals surface area (Å²) in [5.74, 6) is 0.758. The van der Waals surface area contributed by atoms with Gasteiger partial charge in [0.1, 0.15) is 5.82 Å². The van der Waals surface area contributed by atoms with Gasteiger partial charge in [-0.2, -0.15) is 0 Å². The van der Waals surface area contributed by atoms with Gasteiger partial charge in [-0.05, 0) is 58.7 Å². The summed E-state index contributed by atoms with van der Waals surface area (Å²) in [7, 11) is 0. The Morgan fingerprint density at radius 3 is 2.50 bits per heavy atom. The first-order valence-corrected chi connectivity index (χ1v) is 9.60. The van der Waals surface area contributed by atoms with E-state index in [4.69, 9.17) is 12.2 Å². The quantitative estimate of drug-likeness (QED) is 0.701. The molecule has 2 N–H and O–H groups in total. The first-order valence-electron chi connectivity index (χ1n) is 8.40. The van der Waals surface area contributed by atoms with Crippen LogP contribution >= 0.6 is 28.1 Å². The van der Waals surface area contributed by atoms with Gasteiger partial charge in [0.05, 0.1) is 0 Å². The number of nitrogens with one attached hydrogen (secondary N) is 2. The van der Waals surface area contributed by atoms with Gasteiger partial charge >= 0.3 is 0 Å². The summed E-state index contributed by atoms with van der Waals surface area (Å²) in [4.78, 5) is 4.30. The van der Waals surface area contributed by atoms with Gasteiger partial charge in [-0.1, -0.05) is 49.6 Å². The lowest BCUT2D eigenvalue weighted by Gasteiger charge is -2.38. The van der Waals surface area contributed by atoms with E-state index in [1.54, 1.807) is 6.20 Å². The van der Waals surface area contributed by atoms with Gasteiger partial charge in [0, 0.05) is 22.6 Å². The van der Waals surface area contributed by atoms with Crippen LogP contribution in [0.3, 0.4) is 0 Å². The number of anilines is 1. The highest BCUT2D eigenvalue weighted by atomic mass is 79.9. The van der Waals surface area contributed by atoms with Crippen LogP contribution in [-0.2, 0) is 5.41 Å². The molecule has 1 aromatic heterocycles. The van der Waals surface area contributed by atoms with E-state index in [9.17, 15) is 0 Å². The zero-order valence-electron chi connectivity index (χ0n) is 13.6. The predicted molar refractivity (Wildman–Crippen MR) is 107 cm³/mol. The maximum absolute atomic E-state index is 5.46. The van der Waals surface area contributed by atoms with Gasteiger partial charge in [0.2, 0.25) is 0 Å². The fourth-order valence-electron chi connectivity index (χ4n) is 3.45. The van der Waals surface area contributed by atoms with Crippen molar-refractivity contribution in [3.8, 4) is 0 Å². The Hall–Kier alpha value is -1.46. The van der Waals surface area contributed by atoms with Crippen LogP contribution in [0.15, 0.2) is 53.1 Å². The molecule has 1 heterocycles. The molecule has 5 heteroatoms. The number of benzene rings is 1. The minimum absolute atomic E-state index is 0.179. The molecule has 1 aliphatic rings. The van der Waals surface area contributed by atoms with Crippen molar-refractivity contribution in [1.82, 2.24) is 10.3 Å². The molecule has 126 valence electrons. The molecule has 1 aliphatic carbocycles. The van der Waals surface area contributed by atoms with Crippen molar-refractivity contribution in [1.29, 1.82) is 0 Å². The number of nitrogens with zero attached hydrogens (tertiary/aromatic N) is 1. The van der Waals surface area contributed by atoms with Crippen LogP contribution in [0.2, 0.25) is 0 Å². The first-order chi connectivity index (χ1) is 11.7. The fourth-order valence-corrected chi connectivity index (χ4v) is 3.86. The summed E-state index contributed by atoms with van der Waals surface area (Å²) < 4.78 is 0.956. The van der Waals surface area contributed by atoms with E-state index in [1.165, 1.54) is 37.7 Å². The predicted octanol–water partition coefficient (Wildman–Crippen LogP) is 5.03. The molecule has 3 rings (SSSR count). The first kappa shape index (κ1) is 17.4. The van der Waals surface area contributed by atoms with Gasteiger partial charge in [-0.15, -0.1) is 0 Å². The average molecular weight is 404 g/mol. The number of hydrogen-bond acceptors (Lipinski definition) is 2. The number of halogens is 1. The van der Waals surface area contributed by atoms with Crippen molar-refractivity contribution in [3.05, 3.63) is 58.7 Å². The third kappa shape index (κ3) is 4.33. The maximum Gasteiger partial charge on any atom is 0.171 e. The molecule has 2 aromatic rings. The number of thiocarbonyl (C=S) groups is 1. The molecule has 0 aliphatic heterocycles. The third-order valence-corrected chi connectivity index (χ3v) is 5.47. The van der Waals surface area contributed by atoms with Crippen molar-refractivity contribution in [2.24, 2.45) is 0 Å². The number of rotatable bonds is 4. The van der Waals surface area contributed by atoms with Crippen LogP contribution in [0, 0.1) is 0 Å². The SMILES string of the molecule is S=C(NCC1(c2ccccc2)CCCCC1)Nc1ccc(Br)cn1. The number of hydrogen-bond donors (Lipinski definition) is 2. The standard InChI is InChI=1S/C19H22BrN3S/c20-16-9-10-17(21-13-16)23-18(24)22-14-19(11-5-2-6-12-19)15-7-3-1-4-8-15/h1,3-4,7-10,13H,2,5-6,11-12,14H2,(H2,21,22,23,24). The van der Waals surface area contributed by atoms with E-state index in [1.807, 2.05) is 12.1 Å². The molecule has 1 aromatic carbocycles. The van der Waals surface area contributed by atoms with Gasteiger partial charge in [-0.25, -0.2) is 4.98 Å². The zero-order chi connectivity index (χ0) is 16.8. The monoisotopic (exact) mass is 403 g/mol. The van der Waals surface area contributed by atoms with Crippen LogP contribution in [0.25, 0.3) is 0 Å². The molecule has 1 saturated carbocycles. The van der Waals surface area contributed by atoms with Crippen LogP contribution in [-0.4, -0.2) is 16.6 Å². The van der Waals surface area contributed by atoms with Crippen molar-refractivity contribution in [3.63, 3.8) is 0 Å². The highest BCUT2D eigenvalue weighted by Crippen LogP contribution is 2.38. The second-order valence-corrected chi connectivity index (χ2v) is 7.70. The second kappa shape index (κ2) is 8.08. The minimum atomic E-state index is 0.179. The van der Waals surface area contributed by atoms with Gasteiger partial charge in [-0.3, -0.25) is 0 Å². The van der Waals surface area contributed by atoms with Gasteiger partial charge in [0.25, 0.3) is 0 Å². The summed E-state index contributed by atoms with van der Waals surface area (Å²) in [5.41, 5.74) is 1.60. The normalized spacial score (nSPS) is 16.4.